The molecule has 15 nitrogen and oxygen atoms in total. The normalized spacial score (nSPS) is 14.6. The van der Waals surface area contributed by atoms with Gasteiger partial charge in [-0.1, -0.05) is 80.1 Å². The Morgan fingerprint density at radius 1 is 0.333 bits per heavy atom. The Morgan fingerprint density at radius 3 is 0.611 bits per heavy atom. The first-order valence-electron chi connectivity index (χ1n) is 18.5. The first-order valence-corrected chi connectivity index (χ1v) is 26.0. The zero-order chi connectivity index (χ0) is 40.3. The van der Waals surface area contributed by atoms with Crippen molar-refractivity contribution in [2.24, 2.45) is 13.5 Å². The zero-order valence-electron chi connectivity index (χ0n) is 32.3. The lowest BCUT2D eigenvalue weighted by Gasteiger charge is -2.37. The number of nitrogens with zero attached hydrogens (tertiary/aromatic N) is 3. The van der Waals surface area contributed by atoms with Crippen molar-refractivity contribution >= 4 is 127 Å². The largest absolute Gasteiger partial charge is 0.471 e. The lowest BCUT2D eigenvalue weighted by atomic mass is 10.4. The molecule has 1 aliphatic heterocycles. The summed E-state index contributed by atoms with van der Waals surface area (Å²) in [7, 11) is -11.0. The van der Waals surface area contributed by atoms with Gasteiger partial charge in [0.15, 0.2) is 0 Å². The van der Waals surface area contributed by atoms with E-state index in [4.69, 9.17) is 115 Å². The van der Waals surface area contributed by atoms with Crippen LogP contribution >= 0.6 is 95.8 Å². The van der Waals surface area contributed by atoms with Crippen molar-refractivity contribution in [3.63, 3.8) is 0 Å². The lowest BCUT2D eigenvalue weighted by molar-refractivity contribution is 0.295. The van der Waals surface area contributed by atoms with Gasteiger partial charge < -0.3 is 28.4 Å². The molecule has 0 atom stereocenters. The molecule has 24 heteroatoms. The SMILES string of the molecule is CCCCOC(=S)NP1(NC(=S)OCCCC)=NP(NC(=S)OCCCC)(NC(=S)OCCCC)=NP(NC(=S)OCCCC)(NC(=S)OCCCC)=N1. The van der Waals surface area contributed by atoms with Crippen LogP contribution in [0.3, 0.4) is 0 Å². The molecule has 0 unspecified atom stereocenters. The average Bonchev–Trinajstić information content (AvgIpc) is 3.08. The van der Waals surface area contributed by atoms with Crippen LogP contribution in [0.4, 0.5) is 0 Å². The highest BCUT2D eigenvalue weighted by molar-refractivity contribution is 7.90. The van der Waals surface area contributed by atoms with Gasteiger partial charge in [-0.05, 0) is 112 Å². The van der Waals surface area contributed by atoms with Crippen molar-refractivity contribution in [1.29, 1.82) is 0 Å². The van der Waals surface area contributed by atoms with E-state index in [1.54, 1.807) is 0 Å². The van der Waals surface area contributed by atoms with Gasteiger partial charge in [-0.2, -0.15) is 13.5 Å². The Kier molecular flexibility index (Phi) is 27.4. The molecular weight excluding hydrogens is 868 g/mol. The minimum Gasteiger partial charge on any atom is -0.471 e. The third-order valence-electron chi connectivity index (χ3n) is 6.65. The minimum atomic E-state index is -3.68. The van der Waals surface area contributed by atoms with E-state index in [1.165, 1.54) is 0 Å². The predicted molar refractivity (Wildman–Crippen MR) is 248 cm³/mol. The number of nitrogens with one attached hydrogen (secondary N) is 6. The summed E-state index contributed by atoms with van der Waals surface area (Å²) in [6.07, 6.45) is 9.96. The summed E-state index contributed by atoms with van der Waals surface area (Å²) in [5, 5.41) is 19.5. The van der Waals surface area contributed by atoms with Gasteiger partial charge >= 0.3 is 0 Å². The fraction of sp³-hybridized carbons (Fsp3) is 0.800. The van der Waals surface area contributed by atoms with E-state index < -0.39 is 22.5 Å². The maximum atomic E-state index is 5.93. The third-order valence-corrected chi connectivity index (χ3v) is 18.2. The molecule has 0 saturated carbocycles. The van der Waals surface area contributed by atoms with Gasteiger partial charge in [0.25, 0.3) is 53.6 Å². The summed E-state index contributed by atoms with van der Waals surface area (Å²) in [5.41, 5.74) is 0. The molecule has 0 aromatic rings. The molecular formula is C30H60N9O6P3S6. The Morgan fingerprint density at radius 2 is 0.481 bits per heavy atom. The Labute approximate surface area is 355 Å². The van der Waals surface area contributed by atoms with E-state index in [1.807, 2.05) is 0 Å². The Balaban J connectivity index is 4.28. The summed E-state index contributed by atoms with van der Waals surface area (Å²) in [6, 6.07) is 0. The topological polar surface area (TPSA) is 165 Å². The monoisotopic (exact) mass is 927 g/mol. The maximum Gasteiger partial charge on any atom is 0.274 e. The molecule has 0 fully saturated rings. The lowest BCUT2D eigenvalue weighted by Crippen LogP contribution is -2.39. The second-order valence-electron chi connectivity index (χ2n) is 11.7. The molecule has 1 rings (SSSR count). The van der Waals surface area contributed by atoms with Gasteiger partial charge in [-0.15, -0.1) is 0 Å². The molecule has 0 aliphatic carbocycles. The molecule has 0 amide bonds. The second-order valence-corrected chi connectivity index (χ2v) is 21.0. The molecule has 0 radical (unpaired) electrons. The van der Waals surface area contributed by atoms with Crippen LogP contribution in [-0.4, -0.2) is 70.7 Å². The van der Waals surface area contributed by atoms with Crippen molar-refractivity contribution < 1.29 is 28.4 Å². The molecule has 6 N–H and O–H groups in total. The van der Waals surface area contributed by atoms with Crippen molar-refractivity contribution in [3.8, 4) is 0 Å². The highest BCUT2D eigenvalue weighted by Crippen LogP contribution is 2.71. The summed E-state index contributed by atoms with van der Waals surface area (Å²) in [5.74, 6) is 0. The van der Waals surface area contributed by atoms with Gasteiger partial charge in [-0.25, -0.2) is 0 Å². The van der Waals surface area contributed by atoms with E-state index in [9.17, 15) is 0 Å². The molecule has 1 aliphatic rings. The molecule has 0 spiro atoms. The number of ether oxygens (including phenoxy) is 6. The summed E-state index contributed by atoms with van der Waals surface area (Å²) in [6.45, 7) is 14.4. The van der Waals surface area contributed by atoms with Crippen molar-refractivity contribution in [2.45, 2.75) is 119 Å². The Bertz CT molecular complexity index is 1150. The molecule has 0 aromatic carbocycles. The Hall–Kier alpha value is -1.17. The van der Waals surface area contributed by atoms with E-state index in [0.29, 0.717) is 39.6 Å². The van der Waals surface area contributed by atoms with Crippen LogP contribution in [-0.2, 0) is 28.4 Å². The minimum absolute atomic E-state index is 0.0123. The first kappa shape index (κ1) is 50.8. The molecule has 0 aromatic heterocycles. The quantitative estimate of drug-likeness (QED) is 0.0308. The molecule has 312 valence electrons. The van der Waals surface area contributed by atoms with Crippen LogP contribution in [0.2, 0.25) is 0 Å². The number of hydrogen-bond donors (Lipinski definition) is 6. The summed E-state index contributed by atoms with van der Waals surface area (Å²) >= 11 is 34.3. The maximum absolute atomic E-state index is 5.93. The van der Waals surface area contributed by atoms with Crippen LogP contribution in [0.15, 0.2) is 13.5 Å². The van der Waals surface area contributed by atoms with Crippen LogP contribution in [0.25, 0.3) is 0 Å². The average molecular weight is 928 g/mol. The van der Waals surface area contributed by atoms with E-state index in [2.05, 4.69) is 72.1 Å². The number of rotatable bonds is 24. The number of hydrogen-bond acceptors (Lipinski definition) is 15. The fourth-order valence-corrected chi connectivity index (χ4v) is 16.7. The highest BCUT2D eigenvalue weighted by Gasteiger charge is 2.42. The van der Waals surface area contributed by atoms with Crippen LogP contribution in [0.5, 0.6) is 0 Å². The van der Waals surface area contributed by atoms with Gasteiger partial charge in [0.2, 0.25) is 0 Å². The van der Waals surface area contributed by atoms with Crippen LogP contribution < -0.4 is 30.5 Å². The smallest absolute Gasteiger partial charge is 0.274 e. The van der Waals surface area contributed by atoms with E-state index >= 15 is 0 Å². The van der Waals surface area contributed by atoms with Gasteiger partial charge in [0.1, 0.15) is 0 Å². The molecule has 0 saturated heterocycles. The standard InChI is InChI=1S/C30H60N9O6P3S6/c1-7-13-19-40-25(49)31-46(32-26(50)41-20-14-8-2)37-47(33-27(51)42-21-15-9-3,34-28(52)43-22-16-10-4)39-48(38-46,35-29(53)44-23-17-11-5)36-30(54)45-24-18-12-6/h7-24H2,1-6H3,(H,31,49)(H,32,50)(H,33,51)(H,34,52)(H,35,53)(H,36,54). The first-order chi connectivity index (χ1) is 25.8. The molecule has 54 heavy (non-hydrogen) atoms. The highest BCUT2D eigenvalue weighted by atomic mass is 32.1. The van der Waals surface area contributed by atoms with E-state index in [-0.39, 0.29) is 31.0 Å². The van der Waals surface area contributed by atoms with Crippen LogP contribution in [0.1, 0.15) is 119 Å². The second kappa shape index (κ2) is 29.1. The third kappa shape index (κ3) is 21.4. The zero-order valence-corrected chi connectivity index (χ0v) is 39.9. The summed E-state index contributed by atoms with van der Waals surface area (Å²) in [4.78, 5) is 0. The van der Waals surface area contributed by atoms with Gasteiger partial charge in [0.05, 0.1) is 39.6 Å². The van der Waals surface area contributed by atoms with Crippen molar-refractivity contribution in [2.75, 3.05) is 39.6 Å². The summed E-state index contributed by atoms with van der Waals surface area (Å²) < 4.78 is 51.3. The van der Waals surface area contributed by atoms with Crippen LogP contribution in [0, 0.1) is 0 Å². The number of thiocarbonyl (C=S) groups is 6. The van der Waals surface area contributed by atoms with Gasteiger partial charge in [0, 0.05) is 0 Å². The molecule has 1 heterocycles. The van der Waals surface area contributed by atoms with Crippen molar-refractivity contribution in [1.82, 2.24) is 30.5 Å². The number of unbranched alkanes of at least 4 members (excludes halogenated alkanes) is 6. The van der Waals surface area contributed by atoms with Crippen molar-refractivity contribution in [3.05, 3.63) is 0 Å². The molecule has 0 bridgehead atoms. The van der Waals surface area contributed by atoms with E-state index in [0.717, 1.165) is 77.0 Å². The predicted octanol–water partition coefficient (Wildman–Crippen LogP) is 9.99. The fourth-order valence-electron chi connectivity index (χ4n) is 3.78. The van der Waals surface area contributed by atoms with Gasteiger partial charge in [-0.3, -0.25) is 30.5 Å².